The number of carbonyl (C=O) groups excluding carboxylic acids is 2. The Labute approximate surface area is 207 Å². The molecule has 9 heteroatoms. The maximum Gasteiger partial charge on any atom is 0.233 e. The summed E-state index contributed by atoms with van der Waals surface area (Å²) in [6, 6.07) is 0. The molecule has 4 atom stereocenters. The van der Waals surface area contributed by atoms with Crippen molar-refractivity contribution < 1.29 is 9.59 Å². The first-order valence-corrected chi connectivity index (χ1v) is 11.5. The summed E-state index contributed by atoms with van der Waals surface area (Å²) in [5.74, 6) is 1.10. The summed E-state index contributed by atoms with van der Waals surface area (Å²) >= 11 is 0. The Balaban J connectivity index is 0.00000289. The molecule has 1 aliphatic heterocycles. The zero-order valence-corrected chi connectivity index (χ0v) is 21.8. The van der Waals surface area contributed by atoms with Crippen LogP contribution in [0.2, 0.25) is 0 Å². The SMILES string of the molecule is CCc1nn(C)c(CC)c1CNC(=NC)NCCCN1C(=O)C2C3C=CC(C3)C2C1=O.I. The number of aliphatic imine (C=N–C) groups is 1. The highest BCUT2D eigenvalue weighted by Crippen LogP contribution is 2.52. The summed E-state index contributed by atoms with van der Waals surface area (Å²) in [6.07, 6.45) is 7.77. The maximum atomic E-state index is 12.8. The summed E-state index contributed by atoms with van der Waals surface area (Å²) in [6.45, 7) is 6.04. The summed E-state index contributed by atoms with van der Waals surface area (Å²) in [7, 11) is 3.74. The van der Waals surface area contributed by atoms with Gasteiger partial charge in [0.1, 0.15) is 0 Å². The second-order valence-corrected chi connectivity index (χ2v) is 8.74. The van der Waals surface area contributed by atoms with Gasteiger partial charge in [0.25, 0.3) is 0 Å². The molecule has 4 unspecified atom stereocenters. The number of aryl methyl sites for hydroxylation is 2. The van der Waals surface area contributed by atoms with Gasteiger partial charge in [-0.1, -0.05) is 26.0 Å². The van der Waals surface area contributed by atoms with E-state index in [-0.39, 0.29) is 59.5 Å². The number of amides is 2. The summed E-state index contributed by atoms with van der Waals surface area (Å²) in [4.78, 5) is 31.3. The standard InChI is InChI=1S/C23H34N6O2.HI/c1-5-17-16(18(6-2)28(4)27-17)13-26-23(24-3)25-10-7-11-29-21(30)19-14-8-9-15(12-14)20(19)22(29)31;/h8-9,14-15,19-20H,5-7,10-13H2,1-4H3,(H2,24,25,26);1H. The highest BCUT2D eigenvalue weighted by Gasteiger charge is 2.58. The largest absolute Gasteiger partial charge is 0.356 e. The van der Waals surface area contributed by atoms with Gasteiger partial charge in [-0.15, -0.1) is 24.0 Å². The number of nitrogens with zero attached hydrogens (tertiary/aromatic N) is 4. The number of rotatable bonds is 8. The van der Waals surface area contributed by atoms with Crippen LogP contribution in [0.25, 0.3) is 0 Å². The number of fused-ring (bicyclic) bond motifs is 5. The normalized spacial score (nSPS) is 26.0. The molecule has 0 radical (unpaired) electrons. The zero-order valence-electron chi connectivity index (χ0n) is 19.4. The maximum absolute atomic E-state index is 12.8. The van der Waals surface area contributed by atoms with Crippen LogP contribution in [0.4, 0.5) is 0 Å². The Kier molecular flexibility index (Phi) is 8.00. The topological polar surface area (TPSA) is 91.6 Å². The Hall–Kier alpha value is -1.91. The van der Waals surface area contributed by atoms with Gasteiger partial charge in [0.05, 0.1) is 17.5 Å². The van der Waals surface area contributed by atoms with Gasteiger partial charge in [0.15, 0.2) is 5.96 Å². The van der Waals surface area contributed by atoms with Crippen molar-refractivity contribution in [2.45, 2.75) is 46.1 Å². The van der Waals surface area contributed by atoms with Crippen molar-refractivity contribution in [1.29, 1.82) is 0 Å². The first-order valence-electron chi connectivity index (χ1n) is 11.5. The average Bonchev–Trinajstić information content (AvgIpc) is 3.51. The highest BCUT2D eigenvalue weighted by atomic mass is 127. The van der Waals surface area contributed by atoms with E-state index in [9.17, 15) is 9.59 Å². The molecule has 1 aromatic heterocycles. The third-order valence-corrected chi connectivity index (χ3v) is 7.10. The van der Waals surface area contributed by atoms with Crippen molar-refractivity contribution in [3.05, 3.63) is 29.1 Å². The molecule has 2 N–H and O–H groups in total. The number of likely N-dealkylation sites (tertiary alicyclic amines) is 1. The van der Waals surface area contributed by atoms with Gasteiger partial charge in [-0.2, -0.15) is 5.10 Å². The van der Waals surface area contributed by atoms with Crippen molar-refractivity contribution in [1.82, 2.24) is 25.3 Å². The van der Waals surface area contributed by atoms with E-state index < -0.39 is 0 Å². The minimum atomic E-state index is -0.107. The molecule has 1 saturated carbocycles. The van der Waals surface area contributed by atoms with E-state index in [4.69, 9.17) is 0 Å². The Morgan fingerprint density at radius 2 is 1.78 bits per heavy atom. The lowest BCUT2D eigenvalue weighted by molar-refractivity contribution is -0.140. The van der Waals surface area contributed by atoms with E-state index >= 15 is 0 Å². The van der Waals surface area contributed by atoms with Gasteiger partial charge in [-0.3, -0.25) is 24.2 Å². The fourth-order valence-electron chi connectivity index (χ4n) is 5.62. The zero-order chi connectivity index (χ0) is 22.1. The number of hydrogen-bond donors (Lipinski definition) is 2. The van der Waals surface area contributed by atoms with E-state index in [0.29, 0.717) is 32.0 Å². The molecule has 2 fully saturated rings. The lowest BCUT2D eigenvalue weighted by Gasteiger charge is -2.18. The van der Waals surface area contributed by atoms with Crippen molar-refractivity contribution >= 4 is 41.8 Å². The lowest BCUT2D eigenvalue weighted by atomic mass is 9.85. The van der Waals surface area contributed by atoms with Crippen molar-refractivity contribution in [2.75, 3.05) is 20.1 Å². The number of halogens is 1. The molecule has 2 heterocycles. The van der Waals surface area contributed by atoms with Crippen molar-refractivity contribution in [3.8, 4) is 0 Å². The molecular formula is C23H35IN6O2. The molecule has 2 amide bonds. The second-order valence-electron chi connectivity index (χ2n) is 8.74. The van der Waals surface area contributed by atoms with Crippen LogP contribution in [-0.4, -0.2) is 52.6 Å². The smallest absolute Gasteiger partial charge is 0.233 e. The van der Waals surface area contributed by atoms with Gasteiger partial charge < -0.3 is 10.6 Å². The molecule has 8 nitrogen and oxygen atoms in total. The first-order chi connectivity index (χ1) is 15.0. The average molecular weight is 554 g/mol. The molecular weight excluding hydrogens is 519 g/mol. The Morgan fingerprint density at radius 3 is 2.34 bits per heavy atom. The number of nitrogens with one attached hydrogen (secondary N) is 2. The molecule has 3 aliphatic rings. The van der Waals surface area contributed by atoms with Crippen LogP contribution in [-0.2, 0) is 36.0 Å². The second kappa shape index (κ2) is 10.4. The van der Waals surface area contributed by atoms with Crippen LogP contribution in [0.15, 0.2) is 17.1 Å². The van der Waals surface area contributed by atoms with Crippen LogP contribution in [0, 0.1) is 23.7 Å². The van der Waals surface area contributed by atoms with Crippen LogP contribution in [0.3, 0.4) is 0 Å². The molecule has 0 aromatic carbocycles. The summed E-state index contributed by atoms with van der Waals surface area (Å²) in [5.41, 5.74) is 3.58. The van der Waals surface area contributed by atoms with E-state index in [1.54, 1.807) is 7.05 Å². The van der Waals surface area contributed by atoms with E-state index in [0.717, 1.165) is 25.0 Å². The van der Waals surface area contributed by atoms with Gasteiger partial charge in [0, 0.05) is 45.0 Å². The minimum Gasteiger partial charge on any atom is -0.356 e. The number of aromatic nitrogens is 2. The van der Waals surface area contributed by atoms with Crippen LogP contribution in [0.5, 0.6) is 0 Å². The fraction of sp³-hybridized carbons (Fsp3) is 0.652. The van der Waals surface area contributed by atoms with E-state index in [1.165, 1.54) is 16.2 Å². The van der Waals surface area contributed by atoms with Gasteiger partial charge >= 0.3 is 0 Å². The van der Waals surface area contributed by atoms with Crippen molar-refractivity contribution in [2.24, 2.45) is 35.7 Å². The molecule has 32 heavy (non-hydrogen) atoms. The Bertz CT molecular complexity index is 894. The molecule has 176 valence electrons. The highest BCUT2D eigenvalue weighted by molar-refractivity contribution is 14.0. The van der Waals surface area contributed by atoms with Crippen LogP contribution in [0.1, 0.15) is 43.6 Å². The Morgan fingerprint density at radius 1 is 1.12 bits per heavy atom. The number of carbonyl (C=O) groups is 2. The number of hydrogen-bond acceptors (Lipinski definition) is 4. The molecule has 2 aliphatic carbocycles. The number of guanidine groups is 1. The molecule has 1 saturated heterocycles. The van der Waals surface area contributed by atoms with E-state index in [1.807, 2.05) is 11.7 Å². The summed E-state index contributed by atoms with van der Waals surface area (Å²) in [5, 5.41) is 11.3. The monoisotopic (exact) mass is 554 g/mol. The fourth-order valence-corrected chi connectivity index (χ4v) is 5.62. The summed E-state index contributed by atoms with van der Waals surface area (Å²) < 4.78 is 1.97. The third kappa shape index (κ3) is 4.32. The predicted molar refractivity (Wildman–Crippen MR) is 135 cm³/mol. The lowest BCUT2D eigenvalue weighted by Crippen LogP contribution is -2.39. The van der Waals surface area contributed by atoms with Crippen LogP contribution < -0.4 is 10.6 Å². The molecule has 2 bridgehead atoms. The van der Waals surface area contributed by atoms with Crippen molar-refractivity contribution in [3.63, 3.8) is 0 Å². The molecule has 1 aromatic rings. The van der Waals surface area contributed by atoms with E-state index in [2.05, 4.69) is 46.7 Å². The quantitative estimate of drug-likeness (QED) is 0.128. The van der Waals surface area contributed by atoms with Crippen LogP contribution >= 0.6 is 24.0 Å². The number of imide groups is 1. The minimum absolute atomic E-state index is 0. The predicted octanol–water partition coefficient (Wildman–Crippen LogP) is 2.03. The first kappa shape index (κ1) is 24.7. The van der Waals surface area contributed by atoms with Gasteiger partial charge in [-0.25, -0.2) is 0 Å². The van der Waals surface area contributed by atoms with Gasteiger partial charge in [0.2, 0.25) is 11.8 Å². The molecule has 4 rings (SSSR count). The van der Waals surface area contributed by atoms with Gasteiger partial charge in [-0.05, 0) is 37.5 Å². The number of allylic oxidation sites excluding steroid dienone is 2. The third-order valence-electron chi connectivity index (χ3n) is 7.10. The molecule has 0 spiro atoms.